The Bertz CT molecular complexity index is 425. The number of pyridine rings is 1. The number of carbonyl (C=O) groups excluding carboxylic acids is 1. The number of hydrogen-bond donors (Lipinski definition) is 1. The van der Waals surface area contributed by atoms with Crippen LogP contribution < -0.4 is 10.0 Å². The van der Waals surface area contributed by atoms with E-state index in [2.05, 4.69) is 21.2 Å². The predicted molar refractivity (Wildman–Crippen MR) is 65.9 cm³/mol. The van der Waals surface area contributed by atoms with Crippen molar-refractivity contribution in [3.05, 3.63) is 27.5 Å². The summed E-state index contributed by atoms with van der Waals surface area (Å²) in [6, 6.07) is 3.37. The summed E-state index contributed by atoms with van der Waals surface area (Å²) < 4.78 is 1.08. The van der Waals surface area contributed by atoms with Gasteiger partial charge in [0.25, 0.3) is 5.82 Å². The molecular weight excluding hydrogens is 272 g/mol. The van der Waals surface area contributed by atoms with Crippen molar-refractivity contribution in [2.45, 2.75) is 27.7 Å². The Labute approximate surface area is 103 Å². The second-order valence-electron chi connectivity index (χ2n) is 4.69. The molecule has 4 nitrogen and oxygen atoms in total. The molecule has 1 N–H and O–H groups in total. The van der Waals surface area contributed by atoms with E-state index in [4.69, 9.17) is 0 Å². The van der Waals surface area contributed by atoms with E-state index in [-0.39, 0.29) is 11.7 Å². The van der Waals surface area contributed by atoms with Gasteiger partial charge in [0.05, 0.1) is 5.41 Å². The molecule has 1 aromatic heterocycles. The van der Waals surface area contributed by atoms with E-state index in [9.17, 15) is 10.0 Å². The van der Waals surface area contributed by atoms with E-state index in [0.717, 1.165) is 5.56 Å². The highest BCUT2D eigenvalue weighted by molar-refractivity contribution is 9.10. The molecule has 0 saturated heterocycles. The molecule has 1 amide bonds. The van der Waals surface area contributed by atoms with Crippen molar-refractivity contribution in [2.75, 3.05) is 5.32 Å². The van der Waals surface area contributed by atoms with Crippen LogP contribution in [0.15, 0.2) is 16.7 Å². The van der Waals surface area contributed by atoms with Gasteiger partial charge in [0, 0.05) is 11.6 Å². The molecule has 0 radical (unpaired) electrons. The van der Waals surface area contributed by atoms with Crippen LogP contribution in [0.2, 0.25) is 0 Å². The summed E-state index contributed by atoms with van der Waals surface area (Å²) in [7, 11) is 0. The minimum absolute atomic E-state index is 0.187. The third kappa shape index (κ3) is 2.72. The number of nitrogens with one attached hydrogen (secondary N) is 1. The van der Waals surface area contributed by atoms with Crippen molar-refractivity contribution in [3.63, 3.8) is 0 Å². The summed E-state index contributed by atoms with van der Waals surface area (Å²) in [6.45, 7) is 7.19. The zero-order valence-corrected chi connectivity index (χ0v) is 11.4. The highest BCUT2D eigenvalue weighted by Crippen LogP contribution is 2.18. The fourth-order valence-electron chi connectivity index (χ4n) is 1.00. The second-order valence-corrected chi connectivity index (χ2v) is 5.44. The summed E-state index contributed by atoms with van der Waals surface area (Å²) in [6.07, 6.45) is 0. The lowest BCUT2D eigenvalue weighted by atomic mass is 9.96. The van der Waals surface area contributed by atoms with Crippen molar-refractivity contribution in [2.24, 2.45) is 5.41 Å². The van der Waals surface area contributed by atoms with E-state index in [1.165, 1.54) is 0 Å². The minimum atomic E-state index is -0.523. The normalized spacial score (nSPS) is 11.3. The lowest BCUT2D eigenvalue weighted by Crippen LogP contribution is -2.38. The SMILES string of the molecule is Cc1ccc(NC(=O)C(C)(C)C)[n+]([O-])c1Br. The second kappa shape index (κ2) is 4.41. The van der Waals surface area contributed by atoms with Gasteiger partial charge >= 0.3 is 5.91 Å². The summed E-state index contributed by atoms with van der Waals surface area (Å²) in [5.74, 6) is 0.0465. The van der Waals surface area contributed by atoms with Crippen LogP contribution in [0, 0.1) is 17.5 Å². The fourth-order valence-corrected chi connectivity index (χ4v) is 1.33. The van der Waals surface area contributed by atoms with Gasteiger partial charge in [0.1, 0.15) is 0 Å². The third-order valence-electron chi connectivity index (χ3n) is 2.14. The third-order valence-corrected chi connectivity index (χ3v) is 3.08. The van der Waals surface area contributed by atoms with Gasteiger partial charge in [-0.15, -0.1) is 0 Å². The molecule has 16 heavy (non-hydrogen) atoms. The highest BCUT2D eigenvalue weighted by Gasteiger charge is 2.26. The Morgan fingerprint density at radius 3 is 2.50 bits per heavy atom. The number of carbonyl (C=O) groups is 1. The number of nitrogens with zero attached hydrogens (tertiary/aromatic N) is 1. The molecule has 0 unspecified atom stereocenters. The molecule has 0 spiro atoms. The summed E-state index contributed by atoms with van der Waals surface area (Å²) >= 11 is 3.17. The Hall–Kier alpha value is -1.10. The first kappa shape index (κ1) is 13.0. The lowest BCUT2D eigenvalue weighted by Gasteiger charge is -2.16. The Morgan fingerprint density at radius 1 is 1.44 bits per heavy atom. The van der Waals surface area contributed by atoms with Crippen LogP contribution in [0.3, 0.4) is 0 Å². The minimum Gasteiger partial charge on any atom is -0.710 e. The quantitative estimate of drug-likeness (QED) is 0.490. The standard InChI is InChI=1S/C11H15BrN2O2/c1-7-5-6-8(14(16)9(7)12)13-10(15)11(2,3)4/h5-6H,1-4H3,(H,13,15). The van der Waals surface area contributed by atoms with Gasteiger partial charge < -0.3 is 5.21 Å². The lowest BCUT2D eigenvalue weighted by molar-refractivity contribution is -0.602. The molecule has 1 aromatic rings. The molecule has 0 aliphatic rings. The maximum absolute atomic E-state index is 11.7. The van der Waals surface area contributed by atoms with Crippen molar-refractivity contribution in [1.82, 2.24) is 0 Å². The Balaban J connectivity index is 3.00. The smallest absolute Gasteiger partial charge is 0.312 e. The summed E-state index contributed by atoms with van der Waals surface area (Å²) in [5.41, 5.74) is 0.299. The van der Waals surface area contributed by atoms with Crippen LogP contribution in [0.1, 0.15) is 26.3 Å². The van der Waals surface area contributed by atoms with Crippen LogP contribution in [-0.4, -0.2) is 5.91 Å². The molecule has 0 fully saturated rings. The van der Waals surface area contributed by atoms with Crippen molar-refractivity contribution in [1.29, 1.82) is 0 Å². The summed E-state index contributed by atoms with van der Waals surface area (Å²) in [4.78, 5) is 11.7. The van der Waals surface area contributed by atoms with Gasteiger partial charge in [-0.25, -0.2) is 14.8 Å². The number of hydrogen-bond acceptors (Lipinski definition) is 2. The molecule has 0 atom stereocenters. The topological polar surface area (TPSA) is 56.0 Å². The zero-order valence-electron chi connectivity index (χ0n) is 9.80. The first-order valence-electron chi connectivity index (χ1n) is 4.93. The molecule has 1 rings (SSSR count). The number of aromatic nitrogens is 1. The molecule has 0 bridgehead atoms. The van der Waals surface area contributed by atoms with Crippen LogP contribution in [0.5, 0.6) is 0 Å². The van der Waals surface area contributed by atoms with Crippen molar-refractivity contribution in [3.8, 4) is 0 Å². The number of amides is 1. The number of anilines is 1. The molecule has 0 aliphatic heterocycles. The number of aryl methyl sites for hydroxylation is 1. The maximum Gasteiger partial charge on any atom is 0.312 e. The van der Waals surface area contributed by atoms with E-state index in [1.54, 1.807) is 32.9 Å². The van der Waals surface area contributed by atoms with Crippen LogP contribution >= 0.6 is 15.9 Å². The average molecular weight is 287 g/mol. The predicted octanol–water partition coefficient (Wildman–Crippen LogP) is 2.38. The van der Waals surface area contributed by atoms with Crippen LogP contribution in [0.25, 0.3) is 0 Å². The van der Waals surface area contributed by atoms with Gasteiger partial charge in [0.15, 0.2) is 4.60 Å². The molecule has 0 aliphatic carbocycles. The number of rotatable bonds is 1. The van der Waals surface area contributed by atoms with E-state index in [1.807, 2.05) is 6.92 Å². The summed E-state index contributed by atoms with van der Waals surface area (Å²) in [5, 5.41) is 14.3. The van der Waals surface area contributed by atoms with E-state index in [0.29, 0.717) is 9.33 Å². The first-order valence-corrected chi connectivity index (χ1v) is 5.73. The van der Waals surface area contributed by atoms with E-state index < -0.39 is 5.41 Å². The average Bonchev–Trinajstić information content (AvgIpc) is 2.17. The Morgan fingerprint density at radius 2 is 2.00 bits per heavy atom. The monoisotopic (exact) mass is 286 g/mol. The molecule has 88 valence electrons. The van der Waals surface area contributed by atoms with Gasteiger partial charge in [-0.1, -0.05) is 0 Å². The van der Waals surface area contributed by atoms with E-state index >= 15 is 0 Å². The largest absolute Gasteiger partial charge is 0.710 e. The van der Waals surface area contributed by atoms with Gasteiger partial charge in [-0.3, -0.25) is 0 Å². The van der Waals surface area contributed by atoms with Gasteiger partial charge in [-0.2, -0.15) is 0 Å². The molecular formula is C11H15BrN2O2. The maximum atomic E-state index is 11.7. The number of halogens is 1. The zero-order chi connectivity index (χ0) is 12.5. The van der Waals surface area contributed by atoms with Crippen LogP contribution in [0.4, 0.5) is 5.82 Å². The van der Waals surface area contributed by atoms with Crippen molar-refractivity contribution < 1.29 is 9.52 Å². The molecule has 1 heterocycles. The van der Waals surface area contributed by atoms with Crippen molar-refractivity contribution >= 4 is 27.7 Å². The molecule has 0 saturated carbocycles. The van der Waals surface area contributed by atoms with Crippen LogP contribution in [-0.2, 0) is 4.79 Å². The Kier molecular flexibility index (Phi) is 3.57. The highest BCUT2D eigenvalue weighted by atomic mass is 79.9. The fraction of sp³-hybridized carbons (Fsp3) is 0.455. The van der Waals surface area contributed by atoms with Gasteiger partial charge in [0.2, 0.25) is 0 Å². The van der Waals surface area contributed by atoms with Gasteiger partial charge in [-0.05, 0) is 49.7 Å². The first-order chi connectivity index (χ1) is 7.23. The molecule has 5 heteroatoms. The molecule has 0 aromatic carbocycles.